The molecule has 17 heavy (non-hydrogen) atoms. The Bertz CT molecular complexity index is 560. The Kier molecular flexibility index (Phi) is 2.98. The number of furan rings is 1. The van der Waals surface area contributed by atoms with Crippen molar-refractivity contribution in [3.05, 3.63) is 35.8 Å². The van der Waals surface area contributed by atoms with Crippen molar-refractivity contribution >= 4 is 16.8 Å². The van der Waals surface area contributed by atoms with Crippen LogP contribution in [0.3, 0.4) is 0 Å². The number of carbonyl (C=O) groups is 1. The topological polar surface area (TPSA) is 33.5 Å². The number of halogens is 1. The summed E-state index contributed by atoms with van der Waals surface area (Å²) in [5, 5.41) is 0.737. The molecule has 1 aromatic heterocycles. The van der Waals surface area contributed by atoms with Crippen LogP contribution in [0.1, 0.15) is 17.3 Å². The molecule has 3 nitrogen and oxygen atoms in total. The summed E-state index contributed by atoms with van der Waals surface area (Å²) in [6.07, 6.45) is 1.48. The van der Waals surface area contributed by atoms with E-state index < -0.39 is 5.82 Å². The molecule has 0 aliphatic heterocycles. The number of hydrogen-bond acceptors (Lipinski definition) is 3. The van der Waals surface area contributed by atoms with Gasteiger partial charge in [-0.15, -0.1) is 0 Å². The summed E-state index contributed by atoms with van der Waals surface area (Å²) < 4.78 is 18.9. The number of Topliss-reactive ketones (excluding diaryl/α,β-unsaturated/α-hetero) is 1. The Balaban J connectivity index is 2.47. The van der Waals surface area contributed by atoms with Gasteiger partial charge in [-0.1, -0.05) is 0 Å². The maximum atomic E-state index is 13.8. The van der Waals surface area contributed by atoms with Crippen LogP contribution in [0.4, 0.5) is 4.39 Å². The van der Waals surface area contributed by atoms with Crippen LogP contribution >= 0.6 is 0 Å². The predicted octanol–water partition coefficient (Wildman–Crippen LogP) is 2.70. The molecule has 0 saturated heterocycles. The van der Waals surface area contributed by atoms with Gasteiger partial charge in [0.25, 0.3) is 0 Å². The quantitative estimate of drug-likeness (QED) is 0.767. The van der Waals surface area contributed by atoms with Crippen molar-refractivity contribution in [2.45, 2.75) is 13.0 Å². The first-order valence-electron chi connectivity index (χ1n) is 5.38. The van der Waals surface area contributed by atoms with E-state index >= 15 is 0 Å². The summed E-state index contributed by atoms with van der Waals surface area (Å²) in [6.45, 7) is 1.75. The van der Waals surface area contributed by atoms with Crippen LogP contribution < -0.4 is 0 Å². The third kappa shape index (κ3) is 2.08. The number of fused-ring (bicyclic) bond motifs is 1. The van der Waals surface area contributed by atoms with Gasteiger partial charge in [0.2, 0.25) is 0 Å². The fraction of sp³-hybridized carbons (Fsp3) is 0.308. The second-order valence-electron chi connectivity index (χ2n) is 4.29. The first-order valence-corrected chi connectivity index (χ1v) is 5.38. The van der Waals surface area contributed by atoms with Gasteiger partial charge in [-0.3, -0.25) is 9.69 Å². The molecule has 0 fully saturated rings. The highest BCUT2D eigenvalue weighted by molar-refractivity contribution is 6.02. The van der Waals surface area contributed by atoms with Crippen molar-refractivity contribution in [3.8, 4) is 0 Å². The van der Waals surface area contributed by atoms with E-state index in [1.165, 1.54) is 18.4 Å². The molecule has 2 rings (SSSR count). The van der Waals surface area contributed by atoms with Crippen molar-refractivity contribution < 1.29 is 13.6 Å². The molecule has 0 spiro atoms. The molecular formula is C13H14FNO2. The van der Waals surface area contributed by atoms with Gasteiger partial charge in [-0.2, -0.15) is 0 Å². The molecular weight excluding hydrogens is 221 g/mol. The second kappa shape index (κ2) is 4.30. The van der Waals surface area contributed by atoms with Crippen LogP contribution in [-0.2, 0) is 0 Å². The molecule has 0 saturated carbocycles. The zero-order chi connectivity index (χ0) is 12.6. The summed E-state index contributed by atoms with van der Waals surface area (Å²) in [5.41, 5.74) is 0.566. The minimum absolute atomic E-state index is 0.111. The van der Waals surface area contributed by atoms with E-state index in [-0.39, 0.29) is 17.4 Å². The molecule has 0 radical (unpaired) electrons. The van der Waals surface area contributed by atoms with Crippen molar-refractivity contribution in [3.63, 3.8) is 0 Å². The van der Waals surface area contributed by atoms with Crippen molar-refractivity contribution in [1.29, 1.82) is 0 Å². The average Bonchev–Trinajstić information content (AvgIpc) is 2.72. The highest BCUT2D eigenvalue weighted by Crippen LogP contribution is 2.21. The summed E-state index contributed by atoms with van der Waals surface area (Å²) in [6, 6.07) is 4.15. The lowest BCUT2D eigenvalue weighted by molar-refractivity contribution is 0.0886. The van der Waals surface area contributed by atoms with E-state index in [2.05, 4.69) is 0 Å². The first-order chi connectivity index (χ1) is 8.00. The molecule has 1 atom stereocenters. The fourth-order valence-electron chi connectivity index (χ4n) is 1.63. The SMILES string of the molecule is CC(C(=O)c1cc2ccoc2cc1F)N(C)C. The van der Waals surface area contributed by atoms with Gasteiger partial charge >= 0.3 is 0 Å². The van der Waals surface area contributed by atoms with Crippen LogP contribution in [0.2, 0.25) is 0 Å². The molecule has 0 aliphatic rings. The van der Waals surface area contributed by atoms with Crippen LogP contribution in [0.15, 0.2) is 28.9 Å². The Morgan fingerprint density at radius 2 is 2.12 bits per heavy atom. The molecule has 4 heteroatoms. The third-order valence-corrected chi connectivity index (χ3v) is 2.96. The number of hydrogen-bond donors (Lipinski definition) is 0. The molecule has 1 unspecified atom stereocenters. The first kappa shape index (κ1) is 11.8. The average molecular weight is 235 g/mol. The second-order valence-corrected chi connectivity index (χ2v) is 4.29. The Hall–Kier alpha value is -1.68. The van der Waals surface area contributed by atoms with Crippen LogP contribution in [0.25, 0.3) is 11.0 Å². The summed E-state index contributed by atoms with van der Waals surface area (Å²) in [5.74, 6) is -0.762. The molecule has 90 valence electrons. The lowest BCUT2D eigenvalue weighted by Gasteiger charge is -2.18. The fourth-order valence-corrected chi connectivity index (χ4v) is 1.63. The van der Waals surface area contributed by atoms with Crippen LogP contribution in [0, 0.1) is 5.82 Å². The molecule has 0 aliphatic carbocycles. The predicted molar refractivity (Wildman–Crippen MR) is 63.7 cm³/mol. The van der Waals surface area contributed by atoms with Gasteiger partial charge in [0.1, 0.15) is 11.4 Å². The maximum Gasteiger partial charge on any atom is 0.182 e. The van der Waals surface area contributed by atoms with E-state index in [0.29, 0.717) is 5.58 Å². The van der Waals surface area contributed by atoms with E-state index in [0.717, 1.165) is 5.39 Å². The van der Waals surface area contributed by atoms with Crippen LogP contribution in [0.5, 0.6) is 0 Å². The summed E-state index contributed by atoms with van der Waals surface area (Å²) in [7, 11) is 3.58. The summed E-state index contributed by atoms with van der Waals surface area (Å²) in [4.78, 5) is 13.8. The number of likely N-dealkylation sites (N-methyl/N-ethyl adjacent to an activating group) is 1. The number of benzene rings is 1. The number of rotatable bonds is 3. The van der Waals surface area contributed by atoms with Crippen molar-refractivity contribution in [2.24, 2.45) is 0 Å². The van der Waals surface area contributed by atoms with E-state index in [9.17, 15) is 9.18 Å². The van der Waals surface area contributed by atoms with Crippen molar-refractivity contribution in [2.75, 3.05) is 14.1 Å². The number of ketones is 1. The summed E-state index contributed by atoms with van der Waals surface area (Å²) >= 11 is 0. The molecule has 0 bridgehead atoms. The van der Waals surface area contributed by atoms with Crippen LogP contribution in [-0.4, -0.2) is 30.8 Å². The largest absolute Gasteiger partial charge is 0.464 e. The van der Waals surface area contributed by atoms with Gasteiger partial charge in [-0.25, -0.2) is 4.39 Å². The lowest BCUT2D eigenvalue weighted by atomic mass is 10.0. The zero-order valence-electron chi connectivity index (χ0n) is 10.0. The standard InChI is InChI=1S/C13H14FNO2/c1-8(15(2)3)13(16)10-6-9-4-5-17-12(9)7-11(10)14/h4-8H,1-3H3. The van der Waals surface area contributed by atoms with E-state index in [1.807, 2.05) is 0 Å². The lowest BCUT2D eigenvalue weighted by Crippen LogP contribution is -2.33. The zero-order valence-corrected chi connectivity index (χ0v) is 10.0. The molecule has 0 amide bonds. The highest BCUT2D eigenvalue weighted by Gasteiger charge is 2.21. The van der Waals surface area contributed by atoms with Gasteiger partial charge in [0, 0.05) is 11.5 Å². The van der Waals surface area contributed by atoms with Gasteiger partial charge in [0.05, 0.1) is 17.9 Å². The number of nitrogens with zero attached hydrogens (tertiary/aromatic N) is 1. The van der Waals surface area contributed by atoms with E-state index in [1.54, 1.807) is 32.0 Å². The Morgan fingerprint density at radius 1 is 1.41 bits per heavy atom. The van der Waals surface area contributed by atoms with Crippen molar-refractivity contribution in [1.82, 2.24) is 4.90 Å². The molecule has 1 aromatic carbocycles. The minimum atomic E-state index is -0.536. The highest BCUT2D eigenvalue weighted by atomic mass is 19.1. The molecule has 2 aromatic rings. The smallest absolute Gasteiger partial charge is 0.182 e. The van der Waals surface area contributed by atoms with E-state index in [4.69, 9.17) is 4.42 Å². The van der Waals surface area contributed by atoms with Gasteiger partial charge < -0.3 is 4.42 Å². The molecule has 0 N–H and O–H groups in total. The maximum absolute atomic E-state index is 13.8. The Labute approximate surface area is 98.8 Å². The van der Waals surface area contributed by atoms with Gasteiger partial charge in [0.15, 0.2) is 5.78 Å². The van der Waals surface area contributed by atoms with Gasteiger partial charge in [-0.05, 0) is 33.2 Å². The normalized spacial score (nSPS) is 13.2. The third-order valence-electron chi connectivity index (χ3n) is 2.96. The number of carbonyl (C=O) groups excluding carboxylic acids is 1. The monoisotopic (exact) mass is 235 g/mol. The molecule has 1 heterocycles. The minimum Gasteiger partial charge on any atom is -0.464 e. The Morgan fingerprint density at radius 3 is 2.76 bits per heavy atom.